The average molecular weight is 260 g/mol. The van der Waals surface area contributed by atoms with E-state index in [1.807, 2.05) is 0 Å². The molecule has 1 aromatic heterocycles. The summed E-state index contributed by atoms with van der Waals surface area (Å²) in [5.74, 6) is 0. The summed E-state index contributed by atoms with van der Waals surface area (Å²) in [5, 5.41) is 9.05. The van der Waals surface area contributed by atoms with Gasteiger partial charge in [0.05, 0.1) is 0 Å². The Bertz CT molecular complexity index is 334. The van der Waals surface area contributed by atoms with E-state index in [2.05, 4.69) is 44.0 Å². The molecule has 70 valence electrons. The van der Waals surface area contributed by atoms with Gasteiger partial charge in [-0.15, -0.1) is 10.2 Å². The lowest BCUT2D eigenvalue weighted by Gasteiger charge is -2.24. The third-order valence-electron chi connectivity index (χ3n) is 1.99. The van der Waals surface area contributed by atoms with Gasteiger partial charge in [-0.1, -0.05) is 23.0 Å². The first-order valence-electron chi connectivity index (χ1n) is 4.15. The fourth-order valence-corrected chi connectivity index (χ4v) is 2.51. The minimum absolute atomic E-state index is 0.856. The van der Waals surface area contributed by atoms with E-state index in [1.54, 1.807) is 11.3 Å². The van der Waals surface area contributed by atoms with Crippen molar-refractivity contribution < 1.29 is 0 Å². The van der Waals surface area contributed by atoms with Gasteiger partial charge in [0, 0.05) is 13.1 Å². The zero-order valence-electron chi connectivity index (χ0n) is 7.33. The second-order valence-electron chi connectivity index (χ2n) is 3.10. The Balaban J connectivity index is 2.14. The molecule has 0 fully saturated rings. The Labute approximate surface area is 89.6 Å². The van der Waals surface area contributed by atoms with E-state index in [-0.39, 0.29) is 0 Å². The van der Waals surface area contributed by atoms with Gasteiger partial charge < -0.3 is 4.90 Å². The van der Waals surface area contributed by atoms with Gasteiger partial charge in [-0.05, 0) is 29.3 Å². The van der Waals surface area contributed by atoms with E-state index < -0.39 is 0 Å². The van der Waals surface area contributed by atoms with E-state index in [9.17, 15) is 0 Å². The van der Waals surface area contributed by atoms with Crippen LogP contribution in [0.1, 0.15) is 13.3 Å². The Morgan fingerprint density at radius 3 is 3.00 bits per heavy atom. The molecule has 13 heavy (non-hydrogen) atoms. The molecule has 1 aliphatic heterocycles. The SMILES string of the molecule is CC1=CCCN(c2nnc(Br)s2)C1. The molecule has 2 heterocycles. The smallest absolute Gasteiger partial charge is 0.209 e. The molecule has 0 aromatic carbocycles. The molecule has 5 heteroatoms. The molecule has 3 nitrogen and oxygen atoms in total. The number of hydrogen-bond acceptors (Lipinski definition) is 4. The molecule has 1 aliphatic rings. The number of halogens is 1. The minimum atomic E-state index is 0.856. The summed E-state index contributed by atoms with van der Waals surface area (Å²) >= 11 is 4.91. The third-order valence-corrected chi connectivity index (χ3v) is 3.41. The number of hydrogen-bond donors (Lipinski definition) is 0. The predicted molar refractivity (Wildman–Crippen MR) is 58.2 cm³/mol. The first-order valence-corrected chi connectivity index (χ1v) is 5.76. The molecule has 0 atom stereocenters. The number of aromatic nitrogens is 2. The van der Waals surface area contributed by atoms with Crippen LogP contribution in [0.4, 0.5) is 5.13 Å². The average Bonchev–Trinajstić information content (AvgIpc) is 2.52. The van der Waals surface area contributed by atoms with Crippen LogP contribution in [0, 0.1) is 0 Å². The number of rotatable bonds is 1. The second-order valence-corrected chi connectivity index (χ2v) is 5.33. The van der Waals surface area contributed by atoms with E-state index in [0.29, 0.717) is 0 Å². The van der Waals surface area contributed by atoms with Gasteiger partial charge in [0.15, 0.2) is 3.92 Å². The van der Waals surface area contributed by atoms with Crippen molar-refractivity contribution in [3.63, 3.8) is 0 Å². The topological polar surface area (TPSA) is 29.0 Å². The molecule has 1 aromatic rings. The van der Waals surface area contributed by atoms with Gasteiger partial charge in [-0.3, -0.25) is 0 Å². The first kappa shape index (κ1) is 9.15. The van der Waals surface area contributed by atoms with Crippen LogP contribution in [-0.2, 0) is 0 Å². The van der Waals surface area contributed by atoms with Crippen molar-refractivity contribution in [2.45, 2.75) is 13.3 Å². The van der Waals surface area contributed by atoms with Crippen molar-refractivity contribution in [2.75, 3.05) is 18.0 Å². The Morgan fingerprint density at radius 1 is 1.54 bits per heavy atom. The summed E-state index contributed by atoms with van der Waals surface area (Å²) in [4.78, 5) is 2.26. The zero-order valence-corrected chi connectivity index (χ0v) is 9.73. The van der Waals surface area contributed by atoms with Gasteiger partial charge in [-0.2, -0.15) is 0 Å². The molecule has 0 bridgehead atoms. The molecule has 0 spiro atoms. The molecule has 0 aliphatic carbocycles. The standard InChI is InChI=1S/C8H10BrN3S/c1-6-3-2-4-12(5-6)8-11-10-7(9)13-8/h3H,2,4-5H2,1H3. The number of nitrogens with zero attached hydrogens (tertiary/aromatic N) is 3. The largest absolute Gasteiger partial charge is 0.342 e. The van der Waals surface area contributed by atoms with Gasteiger partial charge >= 0.3 is 0 Å². The highest BCUT2D eigenvalue weighted by Crippen LogP contribution is 2.26. The molecule has 0 amide bonds. The van der Waals surface area contributed by atoms with Crippen molar-refractivity contribution in [1.29, 1.82) is 0 Å². The lowest BCUT2D eigenvalue weighted by Crippen LogP contribution is -2.28. The van der Waals surface area contributed by atoms with Gasteiger partial charge in [-0.25, -0.2) is 0 Å². The van der Waals surface area contributed by atoms with E-state index in [0.717, 1.165) is 28.6 Å². The molecule has 0 saturated carbocycles. The fourth-order valence-electron chi connectivity index (χ4n) is 1.40. The summed E-state index contributed by atoms with van der Waals surface area (Å²) in [5.41, 5.74) is 1.41. The molecular weight excluding hydrogens is 250 g/mol. The second kappa shape index (κ2) is 3.75. The van der Waals surface area contributed by atoms with Crippen molar-refractivity contribution in [3.8, 4) is 0 Å². The summed E-state index contributed by atoms with van der Waals surface area (Å²) in [6, 6.07) is 0. The van der Waals surface area contributed by atoms with Crippen LogP contribution < -0.4 is 4.90 Å². The highest BCUT2D eigenvalue weighted by Gasteiger charge is 2.14. The van der Waals surface area contributed by atoms with Crippen LogP contribution in [0.25, 0.3) is 0 Å². The lowest BCUT2D eigenvalue weighted by atomic mass is 10.1. The van der Waals surface area contributed by atoms with Crippen LogP contribution in [-0.4, -0.2) is 23.3 Å². The Morgan fingerprint density at radius 2 is 2.38 bits per heavy atom. The quantitative estimate of drug-likeness (QED) is 0.726. The fraction of sp³-hybridized carbons (Fsp3) is 0.500. The van der Waals surface area contributed by atoms with Gasteiger partial charge in [0.25, 0.3) is 0 Å². The third kappa shape index (κ3) is 2.08. The van der Waals surface area contributed by atoms with Crippen molar-refractivity contribution in [1.82, 2.24) is 10.2 Å². The summed E-state index contributed by atoms with van der Waals surface area (Å²) in [6.45, 7) is 4.20. The first-order chi connectivity index (χ1) is 6.25. The van der Waals surface area contributed by atoms with Gasteiger partial charge in [0.2, 0.25) is 5.13 Å². The molecule has 0 unspecified atom stereocenters. The number of anilines is 1. The van der Waals surface area contributed by atoms with Crippen LogP contribution in [0.2, 0.25) is 0 Å². The molecule has 0 radical (unpaired) electrons. The Kier molecular flexibility index (Phi) is 2.64. The van der Waals surface area contributed by atoms with E-state index in [1.165, 1.54) is 5.57 Å². The zero-order chi connectivity index (χ0) is 9.26. The maximum Gasteiger partial charge on any atom is 0.209 e. The van der Waals surface area contributed by atoms with Crippen LogP contribution in [0.5, 0.6) is 0 Å². The maximum atomic E-state index is 4.09. The van der Waals surface area contributed by atoms with Crippen molar-refractivity contribution in [3.05, 3.63) is 15.6 Å². The van der Waals surface area contributed by atoms with E-state index in [4.69, 9.17) is 0 Å². The molecule has 0 N–H and O–H groups in total. The molecule has 0 saturated heterocycles. The Hall–Kier alpha value is -0.420. The van der Waals surface area contributed by atoms with Crippen LogP contribution in [0.3, 0.4) is 0 Å². The normalized spacial score (nSPS) is 17.4. The van der Waals surface area contributed by atoms with Crippen LogP contribution in [0.15, 0.2) is 15.6 Å². The molecule has 2 rings (SSSR count). The van der Waals surface area contributed by atoms with E-state index >= 15 is 0 Å². The van der Waals surface area contributed by atoms with Gasteiger partial charge in [0.1, 0.15) is 0 Å². The minimum Gasteiger partial charge on any atom is -0.342 e. The van der Waals surface area contributed by atoms with Crippen LogP contribution >= 0.6 is 27.3 Å². The monoisotopic (exact) mass is 259 g/mol. The van der Waals surface area contributed by atoms with Crippen molar-refractivity contribution in [2.24, 2.45) is 0 Å². The lowest BCUT2D eigenvalue weighted by molar-refractivity contribution is 0.779. The summed E-state index contributed by atoms with van der Waals surface area (Å²) in [7, 11) is 0. The van der Waals surface area contributed by atoms with Crippen molar-refractivity contribution >= 4 is 32.4 Å². The highest BCUT2D eigenvalue weighted by molar-refractivity contribution is 9.11. The maximum absolute atomic E-state index is 4.09. The predicted octanol–water partition coefficient (Wildman–Crippen LogP) is 2.46. The summed E-state index contributed by atoms with van der Waals surface area (Å²) in [6.07, 6.45) is 3.40. The molecular formula is C8H10BrN3S. The summed E-state index contributed by atoms with van der Waals surface area (Å²) < 4.78 is 0.856. The highest BCUT2D eigenvalue weighted by atomic mass is 79.9.